The summed E-state index contributed by atoms with van der Waals surface area (Å²) in [6, 6.07) is 9.54. The number of carbonyl (C=O) groups excluding carboxylic acids is 1. The molecule has 0 aliphatic carbocycles. The largest absolute Gasteiger partial charge is 0.459 e. The van der Waals surface area contributed by atoms with E-state index in [0.29, 0.717) is 10.5 Å². The van der Waals surface area contributed by atoms with Crippen molar-refractivity contribution in [2.75, 3.05) is 6.26 Å². The number of thiazole rings is 1. The highest BCUT2D eigenvalue weighted by atomic mass is 32.2. The lowest BCUT2D eigenvalue weighted by Crippen LogP contribution is -2.40. The quantitative estimate of drug-likeness (QED) is 0.221. The number of nitro groups is 1. The van der Waals surface area contributed by atoms with Crippen LogP contribution in [-0.2, 0) is 9.53 Å². The molecule has 34 heavy (non-hydrogen) atoms. The summed E-state index contributed by atoms with van der Waals surface area (Å²) in [7, 11) is 0. The van der Waals surface area contributed by atoms with Gasteiger partial charge in [-0.3, -0.25) is 19.5 Å². The van der Waals surface area contributed by atoms with E-state index in [1.165, 1.54) is 22.8 Å². The molecule has 1 aromatic carbocycles. The van der Waals surface area contributed by atoms with Crippen LogP contribution in [0.5, 0.6) is 0 Å². The molecule has 0 fully saturated rings. The van der Waals surface area contributed by atoms with Crippen molar-refractivity contribution >= 4 is 41.0 Å². The second-order valence-corrected chi connectivity index (χ2v) is 9.63. The second-order valence-electron chi connectivity index (χ2n) is 7.74. The van der Waals surface area contributed by atoms with Crippen molar-refractivity contribution in [2.24, 2.45) is 4.99 Å². The van der Waals surface area contributed by atoms with Crippen molar-refractivity contribution in [1.29, 1.82) is 0 Å². The van der Waals surface area contributed by atoms with Crippen LogP contribution in [0.2, 0.25) is 0 Å². The summed E-state index contributed by atoms with van der Waals surface area (Å²) in [6.07, 6.45) is 3.06. The van der Waals surface area contributed by atoms with Crippen LogP contribution < -0.4 is 14.9 Å². The summed E-state index contributed by atoms with van der Waals surface area (Å²) in [5, 5.41) is 10.9. The predicted octanol–water partition coefficient (Wildman–Crippen LogP) is 3.41. The lowest BCUT2D eigenvalue weighted by atomic mass is 9.96. The molecule has 11 heteroatoms. The maximum Gasteiger partial charge on any atom is 0.433 e. The molecule has 0 spiro atoms. The minimum Gasteiger partial charge on any atom is -0.459 e. The van der Waals surface area contributed by atoms with Crippen LogP contribution in [0.15, 0.2) is 66.8 Å². The molecule has 1 atom stereocenters. The number of carbonyl (C=O) groups is 1. The highest BCUT2D eigenvalue weighted by Crippen LogP contribution is 2.32. The van der Waals surface area contributed by atoms with Gasteiger partial charge in [-0.25, -0.2) is 9.79 Å². The molecule has 1 unspecified atom stereocenters. The molecule has 3 aromatic rings. The van der Waals surface area contributed by atoms with Gasteiger partial charge in [0, 0.05) is 11.0 Å². The maximum atomic E-state index is 13.5. The topological polar surface area (TPSA) is 117 Å². The lowest BCUT2D eigenvalue weighted by molar-refractivity contribution is -0.402. The van der Waals surface area contributed by atoms with E-state index >= 15 is 0 Å². The van der Waals surface area contributed by atoms with E-state index in [4.69, 9.17) is 9.15 Å². The van der Waals surface area contributed by atoms with Gasteiger partial charge >= 0.3 is 11.9 Å². The highest BCUT2D eigenvalue weighted by Gasteiger charge is 2.33. The van der Waals surface area contributed by atoms with Gasteiger partial charge in [-0.05, 0) is 50.8 Å². The lowest BCUT2D eigenvalue weighted by Gasteiger charge is -2.25. The standard InChI is InChI=1S/C23H21N3O6S2/c1-12(2)31-22(28)19-13(3)24-23-25(20(19)14-5-8-16(33-4)9-6-14)21(27)17(34-23)11-15-7-10-18(32-15)26(29)30/h5-12,20H,1-4H3/b17-11+. The number of esters is 1. The minimum absolute atomic E-state index is 0.174. The number of fused-ring (bicyclic) bond motifs is 1. The Morgan fingerprint density at radius 2 is 2.00 bits per heavy atom. The van der Waals surface area contributed by atoms with Crippen molar-refractivity contribution in [3.8, 4) is 0 Å². The Bertz CT molecular complexity index is 1480. The Hall–Kier alpha value is -3.44. The van der Waals surface area contributed by atoms with E-state index in [-0.39, 0.29) is 27.5 Å². The molecule has 0 amide bonds. The van der Waals surface area contributed by atoms with Crippen molar-refractivity contribution < 1.29 is 18.9 Å². The van der Waals surface area contributed by atoms with Gasteiger partial charge in [-0.15, -0.1) is 11.8 Å². The number of ether oxygens (including phenoxy) is 1. The van der Waals surface area contributed by atoms with Gasteiger partial charge in [0.2, 0.25) is 0 Å². The summed E-state index contributed by atoms with van der Waals surface area (Å²) in [4.78, 5) is 42.8. The van der Waals surface area contributed by atoms with Crippen LogP contribution in [0.4, 0.5) is 5.88 Å². The fourth-order valence-electron chi connectivity index (χ4n) is 3.61. The highest BCUT2D eigenvalue weighted by molar-refractivity contribution is 7.98. The summed E-state index contributed by atoms with van der Waals surface area (Å²) in [6.45, 7) is 5.23. The average Bonchev–Trinajstić information content (AvgIpc) is 3.37. The van der Waals surface area contributed by atoms with Crippen molar-refractivity contribution in [3.05, 3.63) is 88.8 Å². The van der Waals surface area contributed by atoms with E-state index in [2.05, 4.69) is 4.99 Å². The van der Waals surface area contributed by atoms with Crippen LogP contribution in [0.3, 0.4) is 0 Å². The Morgan fingerprint density at radius 3 is 2.59 bits per heavy atom. The fraction of sp³-hybridized carbons (Fsp3) is 0.261. The number of allylic oxidation sites excluding steroid dienone is 1. The van der Waals surface area contributed by atoms with Crippen LogP contribution >= 0.6 is 23.1 Å². The molecule has 0 radical (unpaired) electrons. The first-order chi connectivity index (χ1) is 16.2. The SMILES string of the molecule is CSc1ccc(C2C(C(=O)OC(C)C)=C(C)N=c3s/c(=C/c4ccc([N+](=O)[O-])o4)c(=O)n32)cc1. The van der Waals surface area contributed by atoms with Gasteiger partial charge < -0.3 is 9.15 Å². The summed E-state index contributed by atoms with van der Waals surface area (Å²) in [5.74, 6) is -0.778. The predicted molar refractivity (Wildman–Crippen MR) is 129 cm³/mol. The number of aromatic nitrogens is 1. The van der Waals surface area contributed by atoms with Gasteiger partial charge in [0.25, 0.3) is 5.56 Å². The number of benzene rings is 1. The Morgan fingerprint density at radius 1 is 1.29 bits per heavy atom. The molecule has 1 aliphatic rings. The molecule has 176 valence electrons. The molecule has 0 N–H and O–H groups in total. The summed E-state index contributed by atoms with van der Waals surface area (Å²) >= 11 is 2.71. The number of rotatable bonds is 6. The molecular formula is C23H21N3O6S2. The first-order valence-electron chi connectivity index (χ1n) is 10.3. The van der Waals surface area contributed by atoms with Crippen LogP contribution in [0.1, 0.15) is 38.1 Å². The molecule has 0 saturated carbocycles. The molecule has 9 nitrogen and oxygen atoms in total. The number of furan rings is 1. The smallest absolute Gasteiger partial charge is 0.433 e. The fourth-order valence-corrected chi connectivity index (χ4v) is 5.04. The average molecular weight is 500 g/mol. The van der Waals surface area contributed by atoms with Crippen molar-refractivity contribution in [3.63, 3.8) is 0 Å². The minimum atomic E-state index is -0.730. The van der Waals surface area contributed by atoms with Crippen LogP contribution in [0.25, 0.3) is 6.08 Å². The van der Waals surface area contributed by atoms with Gasteiger partial charge in [0.15, 0.2) is 4.80 Å². The van der Waals surface area contributed by atoms with Crippen molar-refractivity contribution in [2.45, 2.75) is 37.8 Å². The first kappa shape index (κ1) is 23.7. The van der Waals surface area contributed by atoms with E-state index in [0.717, 1.165) is 21.8 Å². The van der Waals surface area contributed by atoms with Gasteiger partial charge in [0.05, 0.1) is 34.0 Å². The zero-order valence-electron chi connectivity index (χ0n) is 18.8. The number of thioether (sulfide) groups is 1. The maximum absolute atomic E-state index is 13.5. The zero-order chi connectivity index (χ0) is 24.6. The van der Waals surface area contributed by atoms with Gasteiger partial charge in [0.1, 0.15) is 10.7 Å². The number of nitrogens with zero attached hydrogens (tertiary/aromatic N) is 3. The molecule has 0 saturated heterocycles. The first-order valence-corrected chi connectivity index (χ1v) is 12.4. The third kappa shape index (κ3) is 4.48. The van der Waals surface area contributed by atoms with E-state index < -0.39 is 22.8 Å². The van der Waals surface area contributed by atoms with E-state index in [1.807, 2.05) is 30.5 Å². The van der Waals surface area contributed by atoms with Crippen LogP contribution in [0, 0.1) is 10.1 Å². The zero-order valence-corrected chi connectivity index (χ0v) is 20.4. The third-order valence-corrected chi connectivity index (χ3v) is 6.81. The molecular weight excluding hydrogens is 478 g/mol. The number of hydrogen-bond donors (Lipinski definition) is 0. The summed E-state index contributed by atoms with van der Waals surface area (Å²) in [5.41, 5.74) is 1.11. The van der Waals surface area contributed by atoms with Crippen LogP contribution in [-0.4, -0.2) is 27.8 Å². The van der Waals surface area contributed by atoms with Gasteiger partial charge in [-0.1, -0.05) is 23.5 Å². The Kier molecular flexibility index (Phi) is 6.58. The second kappa shape index (κ2) is 9.43. The van der Waals surface area contributed by atoms with E-state index in [9.17, 15) is 19.7 Å². The van der Waals surface area contributed by atoms with E-state index in [1.54, 1.807) is 32.5 Å². The summed E-state index contributed by atoms with van der Waals surface area (Å²) < 4.78 is 12.4. The molecule has 2 aromatic heterocycles. The Balaban J connectivity index is 1.91. The molecule has 4 rings (SSSR count). The van der Waals surface area contributed by atoms with Crippen molar-refractivity contribution in [1.82, 2.24) is 4.57 Å². The monoisotopic (exact) mass is 499 g/mol. The molecule has 0 bridgehead atoms. The normalized spacial score (nSPS) is 15.9. The Labute approximate surface area is 202 Å². The molecule has 1 aliphatic heterocycles. The third-order valence-electron chi connectivity index (χ3n) is 5.08. The van der Waals surface area contributed by atoms with Gasteiger partial charge in [-0.2, -0.15) is 0 Å². The number of hydrogen-bond acceptors (Lipinski definition) is 9. The molecule has 3 heterocycles.